The van der Waals surface area contributed by atoms with Gasteiger partial charge in [0.25, 0.3) is 5.91 Å². The van der Waals surface area contributed by atoms with Gasteiger partial charge >= 0.3 is 0 Å². The molecule has 0 aliphatic carbocycles. The summed E-state index contributed by atoms with van der Waals surface area (Å²) in [6, 6.07) is 2.37. The average Bonchev–Trinajstić information content (AvgIpc) is 2.30. The molecule has 3 nitrogen and oxygen atoms in total. The third-order valence-electron chi connectivity index (χ3n) is 2.32. The van der Waals surface area contributed by atoms with Gasteiger partial charge in [-0.1, -0.05) is 23.2 Å². The second-order valence-electron chi connectivity index (χ2n) is 3.65. The molecule has 1 atom stereocenters. The molecule has 17 heavy (non-hydrogen) atoms. The lowest BCUT2D eigenvalue weighted by molar-refractivity contribution is 0.0950. The number of likely N-dealkylation sites (N-methyl/N-ethyl adjacent to an activating group) is 1. The summed E-state index contributed by atoms with van der Waals surface area (Å²) in [5.41, 5.74) is 0.0804. The highest BCUT2D eigenvalue weighted by atomic mass is 35.5. The van der Waals surface area contributed by atoms with Gasteiger partial charge in [-0.2, -0.15) is 0 Å². The van der Waals surface area contributed by atoms with Crippen LogP contribution >= 0.6 is 23.2 Å². The van der Waals surface area contributed by atoms with Gasteiger partial charge < -0.3 is 10.6 Å². The lowest BCUT2D eigenvalue weighted by Crippen LogP contribution is -2.37. The lowest BCUT2D eigenvalue weighted by atomic mass is 10.2. The Morgan fingerprint density at radius 3 is 2.65 bits per heavy atom. The van der Waals surface area contributed by atoms with Crippen LogP contribution in [0.3, 0.4) is 0 Å². The summed E-state index contributed by atoms with van der Waals surface area (Å²) in [5, 5.41) is 5.63. The third kappa shape index (κ3) is 3.84. The summed E-state index contributed by atoms with van der Waals surface area (Å²) in [5.74, 6) is -1.09. The normalized spacial score (nSPS) is 12.3. The number of rotatable bonds is 4. The van der Waals surface area contributed by atoms with E-state index in [4.69, 9.17) is 23.2 Å². The average molecular weight is 279 g/mol. The zero-order chi connectivity index (χ0) is 13.0. The molecule has 1 amide bonds. The number of hydrogen-bond donors (Lipinski definition) is 2. The Balaban J connectivity index is 2.79. The van der Waals surface area contributed by atoms with Crippen LogP contribution in [-0.2, 0) is 0 Å². The predicted molar refractivity (Wildman–Crippen MR) is 67.3 cm³/mol. The summed E-state index contributed by atoms with van der Waals surface area (Å²) in [6.45, 7) is 2.33. The Bertz CT molecular complexity index is 426. The maximum atomic E-state index is 13.2. The molecular weight excluding hydrogens is 266 g/mol. The van der Waals surface area contributed by atoms with Crippen molar-refractivity contribution in [3.05, 3.63) is 33.6 Å². The van der Waals surface area contributed by atoms with Crippen molar-refractivity contribution in [3.8, 4) is 0 Å². The van der Waals surface area contributed by atoms with Gasteiger partial charge in [-0.25, -0.2) is 4.39 Å². The van der Waals surface area contributed by atoms with Gasteiger partial charge in [-0.15, -0.1) is 0 Å². The summed E-state index contributed by atoms with van der Waals surface area (Å²) >= 11 is 11.4. The van der Waals surface area contributed by atoms with Gasteiger partial charge in [-0.05, 0) is 26.1 Å². The van der Waals surface area contributed by atoms with Crippen LogP contribution in [0, 0.1) is 5.82 Å². The van der Waals surface area contributed by atoms with E-state index in [9.17, 15) is 9.18 Å². The van der Waals surface area contributed by atoms with Crippen LogP contribution in [0.2, 0.25) is 10.0 Å². The molecule has 1 unspecified atom stereocenters. The molecule has 0 saturated heterocycles. The Hall–Kier alpha value is -0.840. The summed E-state index contributed by atoms with van der Waals surface area (Å²) in [6.07, 6.45) is 0. The molecule has 0 aliphatic rings. The SMILES string of the molecule is CNC(C)CNC(=O)c1cc(F)c(Cl)cc1Cl. The highest BCUT2D eigenvalue weighted by molar-refractivity contribution is 6.36. The number of carbonyl (C=O) groups is 1. The van der Waals surface area contributed by atoms with E-state index in [1.807, 2.05) is 6.92 Å². The van der Waals surface area contributed by atoms with Gasteiger partial charge in [0.1, 0.15) is 5.82 Å². The first-order valence-corrected chi connectivity index (χ1v) is 5.81. The largest absolute Gasteiger partial charge is 0.350 e. The summed E-state index contributed by atoms with van der Waals surface area (Å²) in [7, 11) is 1.78. The highest BCUT2D eigenvalue weighted by Crippen LogP contribution is 2.24. The second-order valence-corrected chi connectivity index (χ2v) is 4.46. The molecule has 0 aromatic heterocycles. The van der Waals surface area contributed by atoms with E-state index in [0.717, 1.165) is 6.07 Å². The van der Waals surface area contributed by atoms with E-state index in [2.05, 4.69) is 10.6 Å². The maximum Gasteiger partial charge on any atom is 0.252 e. The van der Waals surface area contributed by atoms with E-state index in [0.29, 0.717) is 6.54 Å². The zero-order valence-corrected chi connectivity index (χ0v) is 11.0. The van der Waals surface area contributed by atoms with Crippen molar-refractivity contribution >= 4 is 29.1 Å². The highest BCUT2D eigenvalue weighted by Gasteiger charge is 2.14. The fourth-order valence-electron chi connectivity index (χ4n) is 1.14. The molecule has 0 aliphatic heterocycles. The van der Waals surface area contributed by atoms with Crippen LogP contribution in [0.1, 0.15) is 17.3 Å². The Morgan fingerprint density at radius 1 is 1.41 bits per heavy atom. The van der Waals surface area contributed by atoms with Gasteiger partial charge in [0.2, 0.25) is 0 Å². The minimum absolute atomic E-state index is 0.0804. The van der Waals surface area contributed by atoms with E-state index < -0.39 is 11.7 Å². The Morgan fingerprint density at radius 2 is 2.06 bits per heavy atom. The van der Waals surface area contributed by atoms with E-state index in [-0.39, 0.29) is 21.7 Å². The Labute approximate surface area is 109 Å². The van der Waals surface area contributed by atoms with Gasteiger partial charge in [0.15, 0.2) is 0 Å². The molecule has 0 radical (unpaired) electrons. The van der Waals surface area contributed by atoms with Crippen LogP contribution in [0.15, 0.2) is 12.1 Å². The fourth-order valence-corrected chi connectivity index (χ4v) is 1.61. The Kier molecular flexibility index (Phi) is 5.18. The maximum absolute atomic E-state index is 13.2. The quantitative estimate of drug-likeness (QED) is 0.831. The minimum atomic E-state index is -0.664. The molecule has 1 aromatic carbocycles. The predicted octanol–water partition coefficient (Wildman–Crippen LogP) is 2.47. The van der Waals surface area contributed by atoms with Gasteiger partial charge in [-0.3, -0.25) is 4.79 Å². The molecular formula is C11H13Cl2FN2O. The smallest absolute Gasteiger partial charge is 0.252 e. The number of benzene rings is 1. The minimum Gasteiger partial charge on any atom is -0.350 e. The van der Waals surface area contributed by atoms with Crippen LogP contribution in [0.5, 0.6) is 0 Å². The molecule has 0 bridgehead atoms. The summed E-state index contributed by atoms with van der Waals surface area (Å²) < 4.78 is 13.2. The number of halogens is 3. The monoisotopic (exact) mass is 278 g/mol. The van der Waals surface area contributed by atoms with Gasteiger partial charge in [0, 0.05) is 12.6 Å². The lowest BCUT2D eigenvalue weighted by Gasteiger charge is -2.12. The third-order valence-corrected chi connectivity index (χ3v) is 2.92. The number of nitrogens with one attached hydrogen (secondary N) is 2. The van der Waals surface area contributed by atoms with Crippen molar-refractivity contribution in [2.24, 2.45) is 0 Å². The molecule has 0 heterocycles. The topological polar surface area (TPSA) is 41.1 Å². The van der Waals surface area contributed by atoms with Crippen molar-refractivity contribution in [1.82, 2.24) is 10.6 Å². The first kappa shape index (κ1) is 14.2. The molecule has 2 N–H and O–H groups in total. The van der Waals surface area contributed by atoms with Crippen LogP contribution in [0.25, 0.3) is 0 Å². The molecule has 0 spiro atoms. The molecule has 1 rings (SSSR count). The van der Waals surface area contributed by atoms with E-state index >= 15 is 0 Å². The van der Waals surface area contributed by atoms with Crippen molar-refractivity contribution in [2.45, 2.75) is 13.0 Å². The molecule has 6 heteroatoms. The van der Waals surface area contributed by atoms with Crippen molar-refractivity contribution < 1.29 is 9.18 Å². The van der Waals surface area contributed by atoms with Crippen LogP contribution in [-0.4, -0.2) is 25.5 Å². The molecule has 1 aromatic rings. The standard InChI is InChI=1S/C11H13Cl2FN2O/c1-6(15-2)5-16-11(17)7-3-10(14)9(13)4-8(7)12/h3-4,6,15H,5H2,1-2H3,(H,16,17). The number of amides is 1. The van der Waals surface area contributed by atoms with Gasteiger partial charge in [0.05, 0.1) is 15.6 Å². The zero-order valence-electron chi connectivity index (χ0n) is 9.48. The first-order chi connectivity index (χ1) is 7.95. The van der Waals surface area contributed by atoms with Crippen molar-refractivity contribution in [3.63, 3.8) is 0 Å². The van der Waals surface area contributed by atoms with Crippen molar-refractivity contribution in [1.29, 1.82) is 0 Å². The van der Waals surface area contributed by atoms with E-state index in [1.165, 1.54) is 6.07 Å². The van der Waals surface area contributed by atoms with E-state index in [1.54, 1.807) is 7.05 Å². The second kappa shape index (κ2) is 6.19. The molecule has 0 fully saturated rings. The fraction of sp³-hybridized carbons (Fsp3) is 0.364. The number of hydrogen-bond acceptors (Lipinski definition) is 2. The van der Waals surface area contributed by atoms with Crippen molar-refractivity contribution in [2.75, 3.05) is 13.6 Å². The van der Waals surface area contributed by atoms with Crippen LogP contribution < -0.4 is 10.6 Å². The number of carbonyl (C=O) groups excluding carboxylic acids is 1. The molecule has 0 saturated carbocycles. The first-order valence-electron chi connectivity index (χ1n) is 5.05. The van der Waals surface area contributed by atoms with Crippen LogP contribution in [0.4, 0.5) is 4.39 Å². The molecule has 94 valence electrons. The summed E-state index contributed by atoms with van der Waals surface area (Å²) in [4.78, 5) is 11.7.